The second-order valence-electron chi connectivity index (χ2n) is 4.94. The van der Waals surface area contributed by atoms with E-state index in [0.717, 1.165) is 23.4 Å². The van der Waals surface area contributed by atoms with Crippen molar-refractivity contribution in [1.29, 1.82) is 0 Å². The van der Waals surface area contributed by atoms with Gasteiger partial charge in [-0.3, -0.25) is 0 Å². The predicted molar refractivity (Wildman–Crippen MR) is 83.7 cm³/mol. The van der Waals surface area contributed by atoms with E-state index < -0.39 is 0 Å². The first kappa shape index (κ1) is 14.9. The minimum absolute atomic E-state index is 0.468. The summed E-state index contributed by atoms with van der Waals surface area (Å²) in [6.45, 7) is 4.14. The third-order valence-electron chi connectivity index (χ3n) is 3.11. The molecule has 106 valence electrons. The number of pyridine rings is 1. The molecule has 0 saturated carbocycles. The van der Waals surface area contributed by atoms with E-state index in [1.165, 1.54) is 18.4 Å². The van der Waals surface area contributed by atoms with Gasteiger partial charge >= 0.3 is 0 Å². The standard InChI is InChI=1S/C17H20ClNO/c1-3-4-5-14-6-8-16(9-7-14)20-17-11-15(12-18)10-13(2)19-17/h6-11H,3-5,12H2,1-2H3. The smallest absolute Gasteiger partial charge is 0.219 e. The molecule has 0 amide bonds. The van der Waals surface area contributed by atoms with Crippen LogP contribution in [-0.2, 0) is 12.3 Å². The topological polar surface area (TPSA) is 22.1 Å². The molecule has 0 bridgehead atoms. The number of unbranched alkanes of at least 4 members (excludes halogenated alkanes) is 1. The summed E-state index contributed by atoms with van der Waals surface area (Å²) in [4.78, 5) is 4.37. The molecule has 0 spiro atoms. The first-order valence-corrected chi connectivity index (χ1v) is 7.55. The van der Waals surface area contributed by atoms with E-state index in [4.69, 9.17) is 16.3 Å². The number of alkyl halides is 1. The molecule has 0 radical (unpaired) electrons. The first-order chi connectivity index (χ1) is 9.71. The molecule has 3 heteroatoms. The van der Waals surface area contributed by atoms with Gasteiger partial charge in [0.25, 0.3) is 0 Å². The van der Waals surface area contributed by atoms with E-state index in [9.17, 15) is 0 Å². The largest absolute Gasteiger partial charge is 0.439 e. The van der Waals surface area contributed by atoms with Crippen LogP contribution in [0.25, 0.3) is 0 Å². The molecule has 2 rings (SSSR count). The summed E-state index contributed by atoms with van der Waals surface area (Å²) in [6, 6.07) is 12.1. The number of benzene rings is 1. The number of aryl methyl sites for hydroxylation is 2. The van der Waals surface area contributed by atoms with Gasteiger partial charge in [-0.05, 0) is 49.1 Å². The summed E-state index contributed by atoms with van der Waals surface area (Å²) in [5.74, 6) is 1.88. The Hall–Kier alpha value is -1.54. The zero-order chi connectivity index (χ0) is 14.4. The molecule has 0 saturated heterocycles. The van der Waals surface area contributed by atoms with Crippen molar-refractivity contribution in [3.8, 4) is 11.6 Å². The van der Waals surface area contributed by atoms with Crippen molar-refractivity contribution < 1.29 is 4.74 Å². The summed E-state index contributed by atoms with van der Waals surface area (Å²) >= 11 is 5.86. The van der Waals surface area contributed by atoms with Crippen molar-refractivity contribution in [2.45, 2.75) is 39.0 Å². The summed E-state index contributed by atoms with van der Waals surface area (Å²) < 4.78 is 5.79. The van der Waals surface area contributed by atoms with Gasteiger partial charge in [-0.2, -0.15) is 0 Å². The molecular weight excluding hydrogens is 270 g/mol. The van der Waals surface area contributed by atoms with Gasteiger partial charge in [0, 0.05) is 17.6 Å². The van der Waals surface area contributed by atoms with Crippen molar-refractivity contribution in [1.82, 2.24) is 4.98 Å². The highest BCUT2D eigenvalue weighted by molar-refractivity contribution is 6.17. The summed E-state index contributed by atoms with van der Waals surface area (Å²) in [5, 5.41) is 0. The van der Waals surface area contributed by atoms with E-state index in [-0.39, 0.29) is 0 Å². The Bertz CT molecular complexity index is 551. The minimum atomic E-state index is 0.468. The maximum Gasteiger partial charge on any atom is 0.219 e. The Kier molecular flexibility index (Phi) is 5.42. The third-order valence-corrected chi connectivity index (χ3v) is 3.42. The maximum absolute atomic E-state index is 5.86. The lowest BCUT2D eigenvalue weighted by Gasteiger charge is -2.08. The average molecular weight is 290 g/mol. The number of halogens is 1. The monoisotopic (exact) mass is 289 g/mol. The normalized spacial score (nSPS) is 10.6. The Balaban J connectivity index is 2.07. The molecule has 0 atom stereocenters. The van der Waals surface area contributed by atoms with Gasteiger partial charge < -0.3 is 4.74 Å². The Labute approximate surface area is 125 Å². The highest BCUT2D eigenvalue weighted by Crippen LogP contribution is 2.22. The van der Waals surface area contributed by atoms with E-state index in [0.29, 0.717) is 11.8 Å². The van der Waals surface area contributed by atoms with Gasteiger partial charge in [0.2, 0.25) is 5.88 Å². The Morgan fingerprint density at radius 3 is 2.50 bits per heavy atom. The quantitative estimate of drug-likeness (QED) is 0.676. The van der Waals surface area contributed by atoms with Crippen molar-refractivity contribution in [2.75, 3.05) is 0 Å². The van der Waals surface area contributed by atoms with Crippen molar-refractivity contribution in [3.05, 3.63) is 53.2 Å². The fourth-order valence-corrected chi connectivity index (χ4v) is 2.22. The molecule has 2 aromatic rings. The van der Waals surface area contributed by atoms with E-state index in [1.807, 2.05) is 31.2 Å². The lowest BCUT2D eigenvalue weighted by Crippen LogP contribution is -1.93. The highest BCUT2D eigenvalue weighted by Gasteiger charge is 2.03. The second kappa shape index (κ2) is 7.30. The van der Waals surface area contributed by atoms with Crippen molar-refractivity contribution in [2.24, 2.45) is 0 Å². The number of aromatic nitrogens is 1. The van der Waals surface area contributed by atoms with Crippen LogP contribution in [0.2, 0.25) is 0 Å². The maximum atomic E-state index is 5.86. The molecule has 0 unspecified atom stereocenters. The minimum Gasteiger partial charge on any atom is -0.439 e. The second-order valence-corrected chi connectivity index (χ2v) is 5.21. The Morgan fingerprint density at radius 2 is 1.85 bits per heavy atom. The van der Waals surface area contributed by atoms with Crippen LogP contribution in [0.3, 0.4) is 0 Å². The number of ether oxygens (including phenoxy) is 1. The van der Waals surface area contributed by atoms with Crippen molar-refractivity contribution in [3.63, 3.8) is 0 Å². The van der Waals surface area contributed by atoms with Gasteiger partial charge in [-0.25, -0.2) is 4.98 Å². The van der Waals surface area contributed by atoms with E-state index >= 15 is 0 Å². The SMILES string of the molecule is CCCCc1ccc(Oc2cc(CCl)cc(C)n2)cc1. The van der Waals surface area contributed by atoms with Crippen LogP contribution in [0.4, 0.5) is 0 Å². The van der Waals surface area contributed by atoms with Crippen LogP contribution in [0.1, 0.15) is 36.6 Å². The fraction of sp³-hybridized carbons (Fsp3) is 0.353. The predicted octanol–water partition coefficient (Wildman–Crippen LogP) is 5.26. The number of hydrogen-bond donors (Lipinski definition) is 0. The average Bonchev–Trinajstić information content (AvgIpc) is 2.46. The molecule has 2 nitrogen and oxygen atoms in total. The zero-order valence-electron chi connectivity index (χ0n) is 12.0. The molecule has 0 aliphatic carbocycles. The molecule has 0 aliphatic rings. The molecule has 1 aromatic carbocycles. The van der Waals surface area contributed by atoms with E-state index in [2.05, 4.69) is 24.0 Å². The van der Waals surface area contributed by atoms with Crippen molar-refractivity contribution >= 4 is 11.6 Å². The van der Waals surface area contributed by atoms with Crippen LogP contribution in [0, 0.1) is 6.92 Å². The zero-order valence-corrected chi connectivity index (χ0v) is 12.8. The van der Waals surface area contributed by atoms with Gasteiger partial charge in [-0.1, -0.05) is 25.5 Å². The number of nitrogens with zero attached hydrogens (tertiary/aromatic N) is 1. The summed E-state index contributed by atoms with van der Waals surface area (Å²) in [6.07, 6.45) is 3.56. The first-order valence-electron chi connectivity index (χ1n) is 7.01. The van der Waals surface area contributed by atoms with Crippen LogP contribution in [-0.4, -0.2) is 4.98 Å². The molecule has 20 heavy (non-hydrogen) atoms. The summed E-state index contributed by atoms with van der Waals surface area (Å²) in [7, 11) is 0. The molecule has 0 fully saturated rings. The lowest BCUT2D eigenvalue weighted by atomic mass is 10.1. The number of rotatable bonds is 6. The third kappa shape index (κ3) is 4.24. The molecule has 0 N–H and O–H groups in total. The lowest BCUT2D eigenvalue weighted by molar-refractivity contribution is 0.461. The van der Waals surface area contributed by atoms with Gasteiger partial charge in [0.1, 0.15) is 5.75 Å². The van der Waals surface area contributed by atoms with Crippen LogP contribution in [0.15, 0.2) is 36.4 Å². The fourth-order valence-electron chi connectivity index (χ4n) is 2.06. The Morgan fingerprint density at radius 1 is 1.10 bits per heavy atom. The van der Waals surface area contributed by atoms with Crippen LogP contribution < -0.4 is 4.74 Å². The highest BCUT2D eigenvalue weighted by atomic mass is 35.5. The molecule has 1 heterocycles. The van der Waals surface area contributed by atoms with Crippen LogP contribution >= 0.6 is 11.6 Å². The summed E-state index contributed by atoms with van der Waals surface area (Å²) in [5.41, 5.74) is 3.28. The van der Waals surface area contributed by atoms with Gasteiger partial charge in [0.05, 0.1) is 0 Å². The molecule has 1 aromatic heterocycles. The van der Waals surface area contributed by atoms with E-state index in [1.54, 1.807) is 0 Å². The molecule has 0 aliphatic heterocycles. The van der Waals surface area contributed by atoms with Gasteiger partial charge in [0.15, 0.2) is 0 Å². The molecular formula is C17H20ClNO. The van der Waals surface area contributed by atoms with Crippen LogP contribution in [0.5, 0.6) is 11.6 Å². The number of hydrogen-bond acceptors (Lipinski definition) is 2. The van der Waals surface area contributed by atoms with Gasteiger partial charge in [-0.15, -0.1) is 11.6 Å².